The summed E-state index contributed by atoms with van der Waals surface area (Å²) in [6.45, 7) is 5.39. The Morgan fingerprint density at radius 3 is 1.91 bits per heavy atom. The predicted octanol–water partition coefficient (Wildman–Crippen LogP) is 4.69. The molecule has 1 fully saturated rings. The van der Waals surface area contributed by atoms with Crippen LogP contribution in [-0.4, -0.2) is 54.5 Å². The van der Waals surface area contributed by atoms with Crippen molar-refractivity contribution in [2.75, 3.05) is 38.0 Å². The summed E-state index contributed by atoms with van der Waals surface area (Å²) >= 11 is 0. The smallest absolute Gasteiger partial charge is 0.319 e. The Morgan fingerprint density at radius 1 is 0.800 bits per heavy atom. The zero-order valence-electron chi connectivity index (χ0n) is 20.3. The van der Waals surface area contributed by atoms with E-state index in [1.165, 1.54) is 16.7 Å². The van der Waals surface area contributed by atoms with Crippen LogP contribution in [-0.2, 0) is 11.2 Å². The monoisotopic (exact) mass is 470 g/mol. The van der Waals surface area contributed by atoms with Gasteiger partial charge in [0.05, 0.1) is 6.04 Å². The quantitative estimate of drug-likeness (QED) is 0.502. The van der Waals surface area contributed by atoms with Crippen molar-refractivity contribution >= 4 is 17.6 Å². The molecule has 1 aliphatic heterocycles. The van der Waals surface area contributed by atoms with Crippen molar-refractivity contribution in [1.29, 1.82) is 0 Å². The van der Waals surface area contributed by atoms with Gasteiger partial charge in [0.2, 0.25) is 5.91 Å². The lowest BCUT2D eigenvalue weighted by molar-refractivity contribution is -0.133. The molecule has 0 saturated carbocycles. The molecule has 6 heteroatoms. The van der Waals surface area contributed by atoms with Crippen molar-refractivity contribution in [3.8, 4) is 0 Å². The van der Waals surface area contributed by atoms with Gasteiger partial charge >= 0.3 is 6.03 Å². The summed E-state index contributed by atoms with van der Waals surface area (Å²) in [7, 11) is 0. The minimum absolute atomic E-state index is 0.0771. The number of aryl methyl sites for hydroxylation is 1. The van der Waals surface area contributed by atoms with Gasteiger partial charge in [0.1, 0.15) is 0 Å². The highest BCUT2D eigenvalue weighted by Crippen LogP contribution is 2.29. The largest absolute Gasteiger partial charge is 0.340 e. The summed E-state index contributed by atoms with van der Waals surface area (Å²) in [5.41, 5.74) is 4.49. The molecule has 1 saturated heterocycles. The highest BCUT2D eigenvalue weighted by atomic mass is 16.2. The fraction of sp³-hybridized carbons (Fsp3) is 0.310. The van der Waals surface area contributed by atoms with E-state index in [1.807, 2.05) is 41.3 Å². The van der Waals surface area contributed by atoms with E-state index < -0.39 is 0 Å². The first-order valence-corrected chi connectivity index (χ1v) is 12.4. The van der Waals surface area contributed by atoms with Crippen molar-refractivity contribution in [3.05, 3.63) is 102 Å². The molecule has 1 aliphatic rings. The lowest BCUT2D eigenvalue weighted by atomic mass is 9.96. The van der Waals surface area contributed by atoms with Crippen LogP contribution in [0.2, 0.25) is 0 Å². The van der Waals surface area contributed by atoms with Gasteiger partial charge < -0.3 is 15.5 Å². The van der Waals surface area contributed by atoms with Gasteiger partial charge in [-0.3, -0.25) is 9.69 Å². The van der Waals surface area contributed by atoms with E-state index in [0.29, 0.717) is 26.1 Å². The highest BCUT2D eigenvalue weighted by Gasteiger charge is 2.27. The molecule has 0 radical (unpaired) electrons. The van der Waals surface area contributed by atoms with Crippen LogP contribution in [0, 0.1) is 0 Å². The molecule has 0 atom stereocenters. The molecular weight excluding hydrogens is 436 g/mol. The molecule has 0 bridgehead atoms. The molecule has 3 aromatic rings. The molecule has 3 aromatic carbocycles. The molecule has 3 amide bonds. The van der Waals surface area contributed by atoms with Gasteiger partial charge in [-0.2, -0.15) is 0 Å². The third-order valence-electron chi connectivity index (χ3n) is 6.51. The van der Waals surface area contributed by atoms with Gasteiger partial charge in [-0.05, 0) is 35.2 Å². The van der Waals surface area contributed by atoms with Gasteiger partial charge in [-0.15, -0.1) is 0 Å². The Balaban J connectivity index is 1.25. The van der Waals surface area contributed by atoms with E-state index in [0.717, 1.165) is 25.2 Å². The number of hydrogen-bond acceptors (Lipinski definition) is 3. The maximum absolute atomic E-state index is 12.8. The normalized spacial score (nSPS) is 14.1. The number of amides is 3. The summed E-state index contributed by atoms with van der Waals surface area (Å²) in [6, 6.07) is 28.7. The molecule has 0 aliphatic carbocycles. The zero-order chi connectivity index (χ0) is 24.5. The average Bonchev–Trinajstić information content (AvgIpc) is 2.91. The van der Waals surface area contributed by atoms with Crippen LogP contribution in [0.15, 0.2) is 84.9 Å². The molecule has 2 N–H and O–H groups in total. The molecule has 6 nitrogen and oxygen atoms in total. The molecule has 4 rings (SSSR count). The van der Waals surface area contributed by atoms with Gasteiger partial charge in [0, 0.05) is 44.8 Å². The topological polar surface area (TPSA) is 64.7 Å². The standard InChI is InChI=1S/C29H34N4O2/c1-2-23-13-15-26(16-14-23)31-29(35)30-18-17-27(34)32-19-21-33(22-20-32)28(24-9-5-3-6-10-24)25-11-7-4-8-12-25/h3-16,28H,2,17-22H2,1H3,(H2,30,31,35). The second kappa shape index (κ2) is 12.2. The molecule has 35 heavy (non-hydrogen) atoms. The minimum atomic E-state index is -0.291. The van der Waals surface area contributed by atoms with Gasteiger partial charge in [-0.1, -0.05) is 79.7 Å². The fourth-order valence-corrected chi connectivity index (χ4v) is 4.55. The first kappa shape index (κ1) is 24.5. The van der Waals surface area contributed by atoms with E-state index in [1.54, 1.807) is 0 Å². The molecule has 1 heterocycles. The van der Waals surface area contributed by atoms with E-state index in [-0.39, 0.29) is 18.0 Å². The van der Waals surface area contributed by atoms with E-state index in [4.69, 9.17) is 0 Å². The third kappa shape index (κ3) is 6.70. The van der Waals surface area contributed by atoms with E-state index in [9.17, 15) is 9.59 Å². The number of hydrogen-bond donors (Lipinski definition) is 2. The summed E-state index contributed by atoms with van der Waals surface area (Å²) < 4.78 is 0. The molecule has 0 unspecified atom stereocenters. The maximum Gasteiger partial charge on any atom is 0.319 e. The van der Waals surface area contributed by atoms with E-state index in [2.05, 4.69) is 71.0 Å². The maximum atomic E-state index is 12.8. The summed E-state index contributed by atoms with van der Waals surface area (Å²) in [5, 5.41) is 5.61. The number of nitrogens with zero attached hydrogens (tertiary/aromatic N) is 2. The summed E-state index contributed by atoms with van der Waals surface area (Å²) in [4.78, 5) is 29.3. The minimum Gasteiger partial charge on any atom is -0.340 e. The third-order valence-corrected chi connectivity index (χ3v) is 6.51. The van der Waals surface area contributed by atoms with Gasteiger partial charge in [0.25, 0.3) is 0 Å². The van der Waals surface area contributed by atoms with Crippen molar-refractivity contribution in [2.24, 2.45) is 0 Å². The number of benzene rings is 3. The number of carbonyl (C=O) groups is 2. The summed E-state index contributed by atoms with van der Waals surface area (Å²) in [6.07, 6.45) is 1.25. The lowest BCUT2D eigenvalue weighted by Gasteiger charge is -2.39. The Hall–Kier alpha value is -3.64. The molecule has 0 spiro atoms. The van der Waals surface area contributed by atoms with Crippen LogP contribution < -0.4 is 10.6 Å². The summed E-state index contributed by atoms with van der Waals surface area (Å²) in [5.74, 6) is 0.0771. The van der Waals surface area contributed by atoms with Crippen molar-refractivity contribution in [1.82, 2.24) is 15.1 Å². The Kier molecular flexibility index (Phi) is 8.52. The van der Waals surface area contributed by atoms with E-state index >= 15 is 0 Å². The van der Waals surface area contributed by atoms with Crippen LogP contribution in [0.25, 0.3) is 0 Å². The van der Waals surface area contributed by atoms with Crippen LogP contribution in [0.1, 0.15) is 36.1 Å². The second-order valence-electron chi connectivity index (χ2n) is 8.82. The van der Waals surface area contributed by atoms with Gasteiger partial charge in [0.15, 0.2) is 0 Å². The first-order chi connectivity index (χ1) is 17.1. The highest BCUT2D eigenvalue weighted by molar-refractivity contribution is 5.89. The molecule has 0 aromatic heterocycles. The number of urea groups is 1. The van der Waals surface area contributed by atoms with Crippen LogP contribution in [0.5, 0.6) is 0 Å². The number of carbonyl (C=O) groups excluding carboxylic acids is 2. The fourth-order valence-electron chi connectivity index (χ4n) is 4.55. The SMILES string of the molecule is CCc1ccc(NC(=O)NCCC(=O)N2CCN(C(c3ccccc3)c3ccccc3)CC2)cc1. The van der Waals surface area contributed by atoms with Crippen molar-refractivity contribution < 1.29 is 9.59 Å². The average molecular weight is 471 g/mol. The predicted molar refractivity (Wildman–Crippen MR) is 140 cm³/mol. The zero-order valence-corrected chi connectivity index (χ0v) is 20.3. The van der Waals surface area contributed by atoms with Crippen LogP contribution >= 0.6 is 0 Å². The number of rotatable bonds is 8. The number of nitrogens with one attached hydrogen (secondary N) is 2. The second-order valence-corrected chi connectivity index (χ2v) is 8.82. The Bertz CT molecular complexity index is 1040. The Labute approximate surface area is 207 Å². The van der Waals surface area contributed by atoms with Gasteiger partial charge in [-0.25, -0.2) is 4.79 Å². The van der Waals surface area contributed by atoms with Crippen molar-refractivity contribution in [3.63, 3.8) is 0 Å². The van der Waals surface area contributed by atoms with Crippen LogP contribution in [0.3, 0.4) is 0 Å². The van der Waals surface area contributed by atoms with Crippen LogP contribution in [0.4, 0.5) is 10.5 Å². The number of piperazine rings is 1. The first-order valence-electron chi connectivity index (χ1n) is 12.4. The Morgan fingerprint density at radius 2 is 1.37 bits per heavy atom. The molecular formula is C29H34N4O2. The van der Waals surface area contributed by atoms with Crippen molar-refractivity contribution in [2.45, 2.75) is 25.8 Å². The molecule has 182 valence electrons. The number of anilines is 1. The lowest BCUT2D eigenvalue weighted by Crippen LogP contribution is -2.50.